The molecule has 0 amide bonds. The van der Waals surface area contributed by atoms with Crippen LogP contribution in [0.2, 0.25) is 10.0 Å². The summed E-state index contributed by atoms with van der Waals surface area (Å²) in [6.07, 6.45) is 3.60. The molecule has 8 nitrogen and oxygen atoms in total. The van der Waals surface area contributed by atoms with E-state index in [9.17, 15) is 10.1 Å². The van der Waals surface area contributed by atoms with Gasteiger partial charge in [0.2, 0.25) is 5.13 Å². The second kappa shape index (κ2) is 13.0. The topological polar surface area (TPSA) is 108 Å². The van der Waals surface area contributed by atoms with Crippen molar-refractivity contribution in [3.63, 3.8) is 0 Å². The zero-order valence-corrected chi connectivity index (χ0v) is 23.2. The van der Waals surface area contributed by atoms with E-state index in [1.807, 2.05) is 31.3 Å². The number of rotatable bonds is 8. The number of hydrogen-bond acceptors (Lipinski definition) is 8. The van der Waals surface area contributed by atoms with Gasteiger partial charge in [0.1, 0.15) is 0 Å². The highest BCUT2D eigenvalue weighted by Gasteiger charge is 2.20. The SMILES string of the molecule is CCC(C)Sc1sc(-n2cc(Cc3ccccc3[N+](=O)[O-])c(C)n2)nc1-c1ccc(Cl)c(Cl)c1.O=C=O. The molecule has 0 bridgehead atoms. The standard InChI is InChI=1S/C24H22Cl2N4O2S2.CO2/c1-4-14(2)33-23-22(17-9-10-19(25)20(26)12-17)27-24(34-23)29-13-18(15(3)28-29)11-16-7-5-6-8-21(16)30(31)32;2-1-3/h5-10,12-14H,4,11H2,1-3H3;. The quantitative estimate of drug-likeness (QED) is 0.122. The van der Waals surface area contributed by atoms with Crippen LogP contribution in [0.3, 0.4) is 0 Å². The van der Waals surface area contributed by atoms with Gasteiger partial charge in [-0.2, -0.15) is 14.7 Å². The van der Waals surface area contributed by atoms with Crippen molar-refractivity contribution in [2.75, 3.05) is 0 Å². The molecule has 0 saturated heterocycles. The maximum Gasteiger partial charge on any atom is 0.373 e. The summed E-state index contributed by atoms with van der Waals surface area (Å²) in [7, 11) is 0. The fraction of sp³-hybridized carbons (Fsp3) is 0.240. The number of aromatic nitrogens is 3. The van der Waals surface area contributed by atoms with Gasteiger partial charge in [0.25, 0.3) is 5.69 Å². The molecular formula is C25H22Cl2N4O4S2. The third-order valence-electron chi connectivity index (χ3n) is 5.43. The van der Waals surface area contributed by atoms with Crippen LogP contribution >= 0.6 is 46.3 Å². The van der Waals surface area contributed by atoms with E-state index in [0.29, 0.717) is 27.3 Å². The number of para-hydroxylation sites is 1. The molecular weight excluding hydrogens is 555 g/mol. The van der Waals surface area contributed by atoms with Crippen molar-refractivity contribution >= 4 is 58.1 Å². The lowest BCUT2D eigenvalue weighted by Crippen LogP contribution is -1.96. The lowest BCUT2D eigenvalue weighted by Gasteiger charge is -2.08. The van der Waals surface area contributed by atoms with Crippen LogP contribution in [0.5, 0.6) is 0 Å². The Labute approximate surface area is 231 Å². The van der Waals surface area contributed by atoms with Crippen molar-refractivity contribution in [3.8, 4) is 16.4 Å². The number of nitro groups is 1. The first kappa shape index (κ1) is 28.6. The number of thiazole rings is 1. The predicted molar refractivity (Wildman–Crippen MR) is 146 cm³/mol. The Morgan fingerprint density at radius 1 is 1.16 bits per heavy atom. The molecule has 0 radical (unpaired) electrons. The third kappa shape index (κ3) is 7.06. The summed E-state index contributed by atoms with van der Waals surface area (Å²) < 4.78 is 2.84. The molecule has 0 N–H and O–H groups in total. The zero-order valence-electron chi connectivity index (χ0n) is 20.1. The molecule has 1 atom stereocenters. The minimum atomic E-state index is -0.349. The fourth-order valence-corrected chi connectivity index (χ4v) is 6.14. The zero-order chi connectivity index (χ0) is 27.1. The number of nitrogens with zero attached hydrogens (tertiary/aromatic N) is 4. The van der Waals surface area contributed by atoms with E-state index in [0.717, 1.165) is 38.3 Å². The van der Waals surface area contributed by atoms with Crippen LogP contribution < -0.4 is 0 Å². The van der Waals surface area contributed by atoms with Crippen molar-refractivity contribution in [2.45, 2.75) is 43.1 Å². The number of halogens is 2. The lowest BCUT2D eigenvalue weighted by molar-refractivity contribution is -0.385. The first-order valence-electron chi connectivity index (χ1n) is 11.1. The summed E-state index contributed by atoms with van der Waals surface area (Å²) in [6.45, 7) is 6.25. The number of thioether (sulfide) groups is 1. The third-order valence-corrected chi connectivity index (χ3v) is 8.69. The van der Waals surface area contributed by atoms with E-state index in [1.165, 1.54) is 6.07 Å². The monoisotopic (exact) mass is 576 g/mol. The first-order chi connectivity index (χ1) is 17.7. The summed E-state index contributed by atoms with van der Waals surface area (Å²) in [6, 6.07) is 12.3. The number of benzene rings is 2. The van der Waals surface area contributed by atoms with E-state index in [4.69, 9.17) is 37.8 Å². The van der Waals surface area contributed by atoms with Crippen LogP contribution in [0.4, 0.5) is 5.69 Å². The van der Waals surface area contributed by atoms with Crippen molar-refractivity contribution in [1.82, 2.24) is 14.8 Å². The van der Waals surface area contributed by atoms with Crippen LogP contribution in [0.15, 0.2) is 52.9 Å². The molecule has 12 heteroatoms. The average Bonchev–Trinajstić information content (AvgIpc) is 3.45. The highest BCUT2D eigenvalue weighted by atomic mass is 35.5. The van der Waals surface area contributed by atoms with Gasteiger partial charge in [0.05, 0.1) is 30.6 Å². The maximum atomic E-state index is 11.4. The predicted octanol–water partition coefficient (Wildman–Crippen LogP) is 7.42. The van der Waals surface area contributed by atoms with Gasteiger partial charge in [-0.1, -0.05) is 72.7 Å². The van der Waals surface area contributed by atoms with E-state index in [-0.39, 0.29) is 16.8 Å². The van der Waals surface area contributed by atoms with E-state index in [2.05, 4.69) is 18.9 Å². The Bertz CT molecular complexity index is 1450. The van der Waals surface area contributed by atoms with E-state index < -0.39 is 0 Å². The molecule has 2 aromatic heterocycles. The van der Waals surface area contributed by atoms with Crippen LogP contribution in [-0.2, 0) is 16.0 Å². The van der Waals surface area contributed by atoms with Crippen LogP contribution in [0.25, 0.3) is 16.4 Å². The van der Waals surface area contributed by atoms with E-state index in [1.54, 1.807) is 46.0 Å². The van der Waals surface area contributed by atoms with Gasteiger partial charge in [-0.05, 0) is 31.0 Å². The fourth-order valence-electron chi connectivity index (χ4n) is 3.38. The van der Waals surface area contributed by atoms with Crippen molar-refractivity contribution in [1.29, 1.82) is 0 Å². The molecule has 0 aliphatic carbocycles. The summed E-state index contributed by atoms with van der Waals surface area (Å²) in [4.78, 5) is 32.2. The molecule has 37 heavy (non-hydrogen) atoms. The molecule has 0 fully saturated rings. The summed E-state index contributed by atoms with van der Waals surface area (Å²) in [5.74, 6) is 0. The molecule has 0 aliphatic heterocycles. The number of carbonyl (C=O) groups excluding carboxylic acids is 2. The van der Waals surface area contributed by atoms with Gasteiger partial charge in [0.15, 0.2) is 0 Å². The molecule has 0 saturated carbocycles. The Hall–Kier alpha value is -3.01. The highest BCUT2D eigenvalue weighted by Crippen LogP contribution is 2.41. The van der Waals surface area contributed by atoms with E-state index >= 15 is 0 Å². The normalized spacial score (nSPS) is 11.4. The molecule has 2 heterocycles. The maximum absolute atomic E-state index is 11.4. The van der Waals surface area contributed by atoms with Gasteiger partial charge in [0, 0.05) is 35.1 Å². The summed E-state index contributed by atoms with van der Waals surface area (Å²) >= 11 is 15.7. The van der Waals surface area contributed by atoms with Gasteiger partial charge in [-0.15, -0.1) is 11.8 Å². The van der Waals surface area contributed by atoms with Crippen LogP contribution in [-0.4, -0.2) is 31.1 Å². The smallest absolute Gasteiger partial charge is 0.258 e. The molecule has 0 aliphatic rings. The Morgan fingerprint density at radius 3 is 2.51 bits per heavy atom. The molecule has 0 spiro atoms. The Kier molecular flexibility index (Phi) is 10.0. The highest BCUT2D eigenvalue weighted by molar-refractivity contribution is 8.01. The second-order valence-electron chi connectivity index (χ2n) is 7.93. The van der Waals surface area contributed by atoms with Gasteiger partial charge in [-0.25, -0.2) is 9.67 Å². The summed E-state index contributed by atoms with van der Waals surface area (Å²) in [5.41, 5.74) is 4.22. The van der Waals surface area contributed by atoms with Gasteiger partial charge >= 0.3 is 6.15 Å². The number of nitro benzene ring substituents is 1. The van der Waals surface area contributed by atoms with Gasteiger partial charge < -0.3 is 0 Å². The number of aryl methyl sites for hydroxylation is 1. The van der Waals surface area contributed by atoms with Crippen molar-refractivity contribution < 1.29 is 14.5 Å². The Balaban J connectivity index is 0.00000121. The summed E-state index contributed by atoms with van der Waals surface area (Å²) in [5, 5.41) is 18.2. The minimum Gasteiger partial charge on any atom is -0.258 e. The first-order valence-corrected chi connectivity index (χ1v) is 13.5. The number of hydrogen-bond donors (Lipinski definition) is 0. The van der Waals surface area contributed by atoms with Crippen LogP contribution in [0.1, 0.15) is 37.1 Å². The average molecular weight is 578 g/mol. The molecule has 2 aromatic carbocycles. The Morgan fingerprint density at radius 2 is 1.86 bits per heavy atom. The van der Waals surface area contributed by atoms with Gasteiger partial charge in [-0.3, -0.25) is 10.1 Å². The molecule has 1 unspecified atom stereocenters. The molecule has 4 aromatic rings. The van der Waals surface area contributed by atoms with Crippen molar-refractivity contribution in [2.24, 2.45) is 0 Å². The van der Waals surface area contributed by atoms with Crippen molar-refractivity contribution in [3.05, 3.63) is 85.6 Å². The largest absolute Gasteiger partial charge is 0.373 e. The second-order valence-corrected chi connectivity index (χ2v) is 11.4. The molecule has 192 valence electrons. The minimum absolute atomic E-state index is 0.109. The lowest BCUT2D eigenvalue weighted by atomic mass is 10.0. The van der Waals surface area contributed by atoms with Crippen LogP contribution in [0, 0.1) is 17.0 Å². The molecule has 4 rings (SSSR count).